The third-order valence-corrected chi connectivity index (χ3v) is 2.25. The van der Waals surface area contributed by atoms with Crippen molar-refractivity contribution in [2.75, 3.05) is 18.9 Å². The zero-order chi connectivity index (χ0) is 16.0. The molecular weight excluding hydrogens is 270 g/mol. The summed E-state index contributed by atoms with van der Waals surface area (Å²) in [5.41, 5.74) is -0.182. The Morgan fingerprint density at radius 1 is 1.43 bits per heavy atom. The summed E-state index contributed by atoms with van der Waals surface area (Å²) in [5, 5.41) is 2.57. The first-order valence-corrected chi connectivity index (χ1v) is 6.39. The molecule has 0 spiro atoms. The Labute approximate surface area is 124 Å². The van der Waals surface area contributed by atoms with Gasteiger partial charge in [-0.15, -0.1) is 6.42 Å². The first-order chi connectivity index (χ1) is 9.71. The smallest absolute Gasteiger partial charge is 0.410 e. The molecule has 0 saturated carbocycles. The number of hydrogen-bond acceptors (Lipinski definition) is 4. The zero-order valence-corrected chi connectivity index (χ0v) is 12.6. The van der Waals surface area contributed by atoms with Gasteiger partial charge in [-0.05, 0) is 32.9 Å². The van der Waals surface area contributed by atoms with Crippen molar-refractivity contribution in [1.82, 2.24) is 9.88 Å². The van der Waals surface area contributed by atoms with E-state index >= 15 is 0 Å². The van der Waals surface area contributed by atoms with E-state index in [4.69, 9.17) is 11.2 Å². The van der Waals surface area contributed by atoms with Crippen molar-refractivity contribution in [3.05, 3.63) is 23.9 Å². The maximum Gasteiger partial charge on any atom is 0.410 e. The molecular formula is C15H19N3O3. The van der Waals surface area contributed by atoms with E-state index in [2.05, 4.69) is 16.2 Å². The predicted molar refractivity (Wildman–Crippen MR) is 79.7 cm³/mol. The number of rotatable bonds is 3. The lowest BCUT2D eigenvalue weighted by Crippen LogP contribution is -2.38. The van der Waals surface area contributed by atoms with Crippen LogP contribution in [0.25, 0.3) is 0 Å². The van der Waals surface area contributed by atoms with Gasteiger partial charge in [-0.25, -0.2) is 9.78 Å². The maximum absolute atomic E-state index is 11.8. The van der Waals surface area contributed by atoms with Gasteiger partial charge in [0.25, 0.3) is 0 Å². The van der Waals surface area contributed by atoms with E-state index in [1.54, 1.807) is 39.0 Å². The molecule has 1 aromatic heterocycles. The highest BCUT2D eigenvalue weighted by atomic mass is 16.6. The molecule has 6 heteroatoms. The SMILES string of the molecule is C#Cc1cccc(NC(=O)CN(C)C(=O)OC(C)(C)C)n1. The first kappa shape index (κ1) is 16.5. The molecule has 0 fully saturated rings. The second-order valence-corrected chi connectivity index (χ2v) is 5.44. The minimum atomic E-state index is -0.607. The van der Waals surface area contributed by atoms with Crippen LogP contribution in [0.1, 0.15) is 26.5 Å². The Kier molecular flexibility index (Phi) is 5.30. The lowest BCUT2D eigenvalue weighted by atomic mass is 10.2. The van der Waals surface area contributed by atoms with Crippen molar-refractivity contribution in [2.24, 2.45) is 0 Å². The Morgan fingerprint density at radius 3 is 2.67 bits per heavy atom. The number of amides is 2. The van der Waals surface area contributed by atoms with Crippen LogP contribution in [-0.4, -0.2) is 41.1 Å². The van der Waals surface area contributed by atoms with Crippen LogP contribution in [0.4, 0.5) is 10.6 Å². The molecule has 112 valence electrons. The van der Waals surface area contributed by atoms with Gasteiger partial charge in [0.05, 0.1) is 0 Å². The van der Waals surface area contributed by atoms with Crippen LogP contribution in [0.15, 0.2) is 18.2 Å². The highest BCUT2D eigenvalue weighted by molar-refractivity contribution is 5.93. The third kappa shape index (κ3) is 5.95. The molecule has 0 aliphatic rings. The second-order valence-electron chi connectivity index (χ2n) is 5.44. The number of aromatic nitrogens is 1. The van der Waals surface area contributed by atoms with E-state index in [-0.39, 0.29) is 12.5 Å². The molecule has 0 bridgehead atoms. The Hall–Kier alpha value is -2.55. The number of pyridine rings is 1. The van der Waals surface area contributed by atoms with E-state index in [1.807, 2.05) is 0 Å². The molecule has 21 heavy (non-hydrogen) atoms. The van der Waals surface area contributed by atoms with Crippen molar-refractivity contribution in [3.8, 4) is 12.3 Å². The van der Waals surface area contributed by atoms with Gasteiger partial charge in [0.15, 0.2) is 0 Å². The van der Waals surface area contributed by atoms with Crippen molar-refractivity contribution in [3.63, 3.8) is 0 Å². The summed E-state index contributed by atoms with van der Waals surface area (Å²) < 4.78 is 5.15. The zero-order valence-electron chi connectivity index (χ0n) is 12.6. The first-order valence-electron chi connectivity index (χ1n) is 6.39. The molecule has 1 rings (SSSR count). The number of anilines is 1. The fourth-order valence-corrected chi connectivity index (χ4v) is 1.39. The Morgan fingerprint density at radius 2 is 2.10 bits per heavy atom. The fourth-order valence-electron chi connectivity index (χ4n) is 1.39. The molecule has 6 nitrogen and oxygen atoms in total. The largest absolute Gasteiger partial charge is 0.444 e. The summed E-state index contributed by atoms with van der Waals surface area (Å²) in [4.78, 5) is 28.8. The number of terminal acetylenes is 1. The number of carbonyl (C=O) groups is 2. The second kappa shape index (κ2) is 6.75. The molecule has 2 amide bonds. The molecule has 0 radical (unpaired) electrons. The lowest BCUT2D eigenvalue weighted by Gasteiger charge is -2.24. The number of nitrogens with zero attached hydrogens (tertiary/aromatic N) is 2. The van der Waals surface area contributed by atoms with Crippen molar-refractivity contribution in [2.45, 2.75) is 26.4 Å². The monoisotopic (exact) mass is 289 g/mol. The van der Waals surface area contributed by atoms with Crippen LogP contribution in [-0.2, 0) is 9.53 Å². The van der Waals surface area contributed by atoms with E-state index < -0.39 is 11.7 Å². The van der Waals surface area contributed by atoms with Gasteiger partial charge in [0, 0.05) is 7.05 Å². The van der Waals surface area contributed by atoms with Crippen LogP contribution in [0.5, 0.6) is 0 Å². The average Bonchev–Trinajstić information content (AvgIpc) is 2.36. The highest BCUT2D eigenvalue weighted by Gasteiger charge is 2.21. The van der Waals surface area contributed by atoms with Crippen LogP contribution >= 0.6 is 0 Å². The van der Waals surface area contributed by atoms with Crippen molar-refractivity contribution in [1.29, 1.82) is 0 Å². The van der Waals surface area contributed by atoms with Gasteiger partial charge in [0.2, 0.25) is 5.91 Å². The summed E-state index contributed by atoms with van der Waals surface area (Å²) >= 11 is 0. The van der Waals surface area contributed by atoms with Crippen LogP contribution in [0, 0.1) is 12.3 Å². The minimum absolute atomic E-state index is 0.142. The van der Waals surface area contributed by atoms with E-state index in [1.165, 1.54) is 11.9 Å². The molecule has 1 heterocycles. The quantitative estimate of drug-likeness (QED) is 0.862. The van der Waals surface area contributed by atoms with Gasteiger partial charge >= 0.3 is 6.09 Å². The molecule has 0 atom stereocenters. The van der Waals surface area contributed by atoms with Crippen molar-refractivity contribution >= 4 is 17.8 Å². The lowest BCUT2D eigenvalue weighted by molar-refractivity contribution is -0.117. The molecule has 1 N–H and O–H groups in total. The van der Waals surface area contributed by atoms with Gasteiger partial charge in [-0.3, -0.25) is 4.79 Å². The van der Waals surface area contributed by atoms with E-state index in [0.717, 1.165) is 0 Å². The average molecular weight is 289 g/mol. The highest BCUT2D eigenvalue weighted by Crippen LogP contribution is 2.09. The summed E-state index contributed by atoms with van der Waals surface area (Å²) in [7, 11) is 1.49. The Balaban J connectivity index is 2.57. The predicted octanol–water partition coefficient (Wildman–Crippen LogP) is 1.87. The number of nitrogens with one attached hydrogen (secondary N) is 1. The molecule has 1 aromatic rings. The molecule has 0 aliphatic heterocycles. The fraction of sp³-hybridized carbons (Fsp3) is 0.400. The molecule has 0 saturated heterocycles. The maximum atomic E-state index is 11.8. The Bertz CT molecular complexity index is 570. The van der Waals surface area contributed by atoms with E-state index in [9.17, 15) is 9.59 Å². The topological polar surface area (TPSA) is 71.5 Å². The molecule has 0 aliphatic carbocycles. The van der Waals surface area contributed by atoms with Crippen LogP contribution < -0.4 is 5.32 Å². The third-order valence-electron chi connectivity index (χ3n) is 2.25. The van der Waals surface area contributed by atoms with Crippen LogP contribution in [0.3, 0.4) is 0 Å². The van der Waals surface area contributed by atoms with Crippen molar-refractivity contribution < 1.29 is 14.3 Å². The molecule has 0 aromatic carbocycles. The molecule has 0 unspecified atom stereocenters. The summed E-state index contributed by atoms with van der Waals surface area (Å²) in [6, 6.07) is 4.96. The number of likely N-dealkylation sites (N-methyl/N-ethyl adjacent to an activating group) is 1. The van der Waals surface area contributed by atoms with Gasteiger partial charge in [-0.1, -0.05) is 12.0 Å². The number of carbonyl (C=O) groups excluding carboxylic acids is 2. The summed E-state index contributed by atoms with van der Waals surface area (Å²) in [6.45, 7) is 5.13. The van der Waals surface area contributed by atoms with Crippen LogP contribution in [0.2, 0.25) is 0 Å². The number of hydrogen-bond donors (Lipinski definition) is 1. The van der Waals surface area contributed by atoms with Gasteiger partial charge < -0.3 is 15.0 Å². The van der Waals surface area contributed by atoms with E-state index in [0.29, 0.717) is 11.5 Å². The summed E-state index contributed by atoms with van der Waals surface area (Å²) in [5.74, 6) is 2.33. The minimum Gasteiger partial charge on any atom is -0.444 e. The van der Waals surface area contributed by atoms with Gasteiger partial charge in [-0.2, -0.15) is 0 Å². The van der Waals surface area contributed by atoms with Gasteiger partial charge in [0.1, 0.15) is 23.7 Å². The standard InChI is InChI=1S/C15H19N3O3/c1-6-11-8-7-9-12(16-11)17-13(19)10-18(5)14(20)21-15(2,3)4/h1,7-9H,10H2,2-5H3,(H,16,17,19). The summed E-state index contributed by atoms with van der Waals surface area (Å²) in [6.07, 6.45) is 4.67. The normalized spacial score (nSPS) is 10.4. The number of ether oxygens (including phenoxy) is 1.